The predicted octanol–water partition coefficient (Wildman–Crippen LogP) is 4.33. The molecule has 130 valence electrons. The number of benzene rings is 2. The van der Waals surface area contributed by atoms with Crippen LogP contribution in [0, 0.1) is 34.0 Å². The topological polar surface area (TPSA) is 119 Å². The van der Waals surface area contributed by atoms with E-state index in [-0.39, 0.29) is 22.8 Å². The average molecular weight is 483 g/mol. The van der Waals surface area contributed by atoms with Crippen LogP contribution in [0.25, 0.3) is 0 Å². The number of nitriles is 3. The van der Waals surface area contributed by atoms with E-state index in [4.69, 9.17) is 10.5 Å². The molecule has 0 bridgehead atoms. The second-order valence-corrected chi connectivity index (χ2v) is 7.30. The van der Waals surface area contributed by atoms with Crippen molar-refractivity contribution in [3.63, 3.8) is 0 Å². The number of hydrogen-bond acceptors (Lipinski definition) is 6. The monoisotopic (exact) mass is 481 g/mol. The minimum Gasteiger partial charge on any atom is -0.440 e. The van der Waals surface area contributed by atoms with E-state index in [1.54, 1.807) is 24.4 Å². The Hall–Kier alpha value is -3.12. The highest BCUT2D eigenvalue weighted by atomic mass is 79.9. The van der Waals surface area contributed by atoms with E-state index in [9.17, 15) is 15.8 Å². The molecular weight excluding hydrogens is 474 g/mol. The molecule has 0 amide bonds. The molecule has 1 aliphatic rings. The quantitative estimate of drug-likeness (QED) is 0.638. The van der Waals surface area contributed by atoms with Gasteiger partial charge in [0, 0.05) is 26.3 Å². The van der Waals surface area contributed by atoms with Gasteiger partial charge in [0.1, 0.15) is 17.4 Å². The first-order valence-corrected chi connectivity index (χ1v) is 9.08. The molecule has 2 N–H and O–H groups in total. The molecule has 3 rings (SSSR count). The molecule has 1 aliphatic heterocycles. The Morgan fingerprint density at radius 1 is 1.07 bits per heavy atom. The molecule has 2 aromatic carbocycles. The van der Waals surface area contributed by atoms with E-state index in [0.29, 0.717) is 5.69 Å². The van der Waals surface area contributed by atoms with Gasteiger partial charge >= 0.3 is 0 Å². The van der Waals surface area contributed by atoms with Gasteiger partial charge < -0.3 is 10.5 Å². The van der Waals surface area contributed by atoms with E-state index < -0.39 is 5.41 Å². The Kier molecular flexibility index (Phi) is 5.01. The minimum atomic E-state index is -1.84. The lowest BCUT2D eigenvalue weighted by atomic mass is 9.75. The Morgan fingerprint density at radius 3 is 2.44 bits per heavy atom. The van der Waals surface area contributed by atoms with Crippen LogP contribution in [-0.2, 0) is 5.41 Å². The van der Waals surface area contributed by atoms with Gasteiger partial charge in [0.05, 0.1) is 17.8 Å². The molecule has 8 heteroatoms. The summed E-state index contributed by atoms with van der Waals surface area (Å²) in [5.41, 5.74) is 5.25. The highest BCUT2D eigenvalue weighted by Gasteiger charge is 2.45. The summed E-state index contributed by atoms with van der Waals surface area (Å²) in [6.07, 6.45) is 1.65. The van der Waals surface area contributed by atoms with Crippen molar-refractivity contribution >= 4 is 43.8 Å². The van der Waals surface area contributed by atoms with Gasteiger partial charge in [0.15, 0.2) is 0 Å². The molecule has 0 aromatic heterocycles. The number of fused-ring (bicyclic) bond motifs is 1. The first kappa shape index (κ1) is 18.7. The van der Waals surface area contributed by atoms with Gasteiger partial charge in [-0.2, -0.15) is 15.8 Å². The van der Waals surface area contributed by atoms with Crippen LogP contribution >= 0.6 is 31.9 Å². The molecule has 0 saturated heterocycles. The van der Waals surface area contributed by atoms with Crippen LogP contribution in [0.1, 0.15) is 11.1 Å². The molecule has 0 radical (unpaired) electrons. The Morgan fingerprint density at radius 2 is 1.81 bits per heavy atom. The summed E-state index contributed by atoms with van der Waals surface area (Å²) in [6.45, 7) is 0. The predicted molar refractivity (Wildman–Crippen MR) is 106 cm³/mol. The van der Waals surface area contributed by atoms with E-state index in [1.165, 1.54) is 0 Å². The van der Waals surface area contributed by atoms with Crippen LogP contribution in [0.2, 0.25) is 0 Å². The van der Waals surface area contributed by atoms with Crippen molar-refractivity contribution in [2.75, 3.05) is 0 Å². The maximum Gasteiger partial charge on any atom is 0.212 e. The third-order valence-electron chi connectivity index (χ3n) is 3.97. The number of rotatable bonds is 2. The van der Waals surface area contributed by atoms with Crippen LogP contribution in [0.5, 0.6) is 5.75 Å². The number of hydrogen-bond donors (Lipinski definition) is 1. The fourth-order valence-corrected chi connectivity index (χ4v) is 3.77. The maximum absolute atomic E-state index is 9.65. The fourth-order valence-electron chi connectivity index (χ4n) is 2.62. The number of aliphatic imine (C=N–C) groups is 1. The summed E-state index contributed by atoms with van der Waals surface area (Å²) in [5, 5.41) is 28.7. The summed E-state index contributed by atoms with van der Waals surface area (Å²) in [7, 11) is 0. The summed E-state index contributed by atoms with van der Waals surface area (Å²) >= 11 is 6.85. The van der Waals surface area contributed by atoms with Gasteiger partial charge in [0.25, 0.3) is 0 Å². The van der Waals surface area contributed by atoms with Crippen LogP contribution in [-0.4, -0.2) is 6.21 Å². The van der Waals surface area contributed by atoms with E-state index >= 15 is 0 Å². The zero-order chi connectivity index (χ0) is 19.6. The van der Waals surface area contributed by atoms with Crippen molar-refractivity contribution in [3.05, 3.63) is 67.9 Å². The van der Waals surface area contributed by atoms with Gasteiger partial charge in [0.2, 0.25) is 11.3 Å². The molecule has 0 atom stereocenters. The van der Waals surface area contributed by atoms with Crippen molar-refractivity contribution in [2.45, 2.75) is 5.41 Å². The molecule has 27 heavy (non-hydrogen) atoms. The first-order valence-electron chi connectivity index (χ1n) is 7.49. The zero-order valence-electron chi connectivity index (χ0n) is 13.6. The largest absolute Gasteiger partial charge is 0.440 e. The molecule has 1 heterocycles. The first-order chi connectivity index (χ1) is 12.9. The summed E-state index contributed by atoms with van der Waals surface area (Å²) in [4.78, 5) is 4.40. The third kappa shape index (κ3) is 3.19. The molecule has 6 nitrogen and oxygen atoms in total. The van der Waals surface area contributed by atoms with Gasteiger partial charge in [-0.3, -0.25) is 4.99 Å². The number of halogens is 2. The van der Waals surface area contributed by atoms with Crippen LogP contribution in [0.3, 0.4) is 0 Å². The summed E-state index contributed by atoms with van der Waals surface area (Å²) in [5.74, 6) is 0.00140. The van der Waals surface area contributed by atoms with Crippen molar-refractivity contribution < 1.29 is 4.74 Å². The minimum absolute atomic E-state index is 0.225. The van der Waals surface area contributed by atoms with Gasteiger partial charge in [-0.25, -0.2) is 0 Å². The Balaban J connectivity index is 2.08. The van der Waals surface area contributed by atoms with Crippen LogP contribution in [0.15, 0.2) is 61.8 Å². The lowest BCUT2D eigenvalue weighted by Crippen LogP contribution is -2.33. The molecule has 0 fully saturated rings. The molecule has 0 spiro atoms. The standard InChI is InChI=1S/C19H9Br2N5O/c20-12-2-1-11(16(21)5-12)8-26-13-3-4-17-14(6-13)19(9-23,10-24)15(7-22)18(25)27-17/h1-6,8H,25H2. The molecule has 0 unspecified atom stereocenters. The van der Waals surface area contributed by atoms with Crippen molar-refractivity contribution in [3.8, 4) is 24.0 Å². The van der Waals surface area contributed by atoms with Crippen LogP contribution < -0.4 is 10.5 Å². The van der Waals surface area contributed by atoms with Gasteiger partial charge in [-0.15, -0.1) is 0 Å². The van der Waals surface area contributed by atoms with Crippen molar-refractivity contribution in [2.24, 2.45) is 10.7 Å². The maximum atomic E-state index is 9.65. The lowest BCUT2D eigenvalue weighted by Gasteiger charge is -2.27. The second kappa shape index (κ2) is 7.25. The average Bonchev–Trinajstić information content (AvgIpc) is 2.66. The zero-order valence-corrected chi connectivity index (χ0v) is 16.7. The third-order valence-corrected chi connectivity index (χ3v) is 5.15. The highest BCUT2D eigenvalue weighted by Crippen LogP contribution is 2.43. The van der Waals surface area contributed by atoms with Crippen molar-refractivity contribution in [1.29, 1.82) is 15.8 Å². The lowest BCUT2D eigenvalue weighted by molar-refractivity contribution is 0.386. The summed E-state index contributed by atoms with van der Waals surface area (Å²) in [6, 6.07) is 16.1. The fraction of sp³-hybridized carbons (Fsp3) is 0.0526. The summed E-state index contributed by atoms with van der Waals surface area (Å²) < 4.78 is 7.20. The normalized spacial score (nSPS) is 14.6. The number of nitrogens with zero attached hydrogens (tertiary/aromatic N) is 4. The van der Waals surface area contributed by atoms with Crippen molar-refractivity contribution in [1.82, 2.24) is 0 Å². The molecule has 2 aromatic rings. The highest BCUT2D eigenvalue weighted by molar-refractivity contribution is 9.11. The van der Waals surface area contributed by atoms with E-state index in [0.717, 1.165) is 14.5 Å². The number of nitrogens with two attached hydrogens (primary N) is 1. The molecular formula is C19H9Br2N5O. The van der Waals surface area contributed by atoms with Crippen LogP contribution in [0.4, 0.5) is 5.69 Å². The SMILES string of the molecule is N#CC1=C(N)Oc2ccc(N=Cc3ccc(Br)cc3Br)cc2C1(C#N)C#N. The molecule has 0 saturated carbocycles. The van der Waals surface area contributed by atoms with Gasteiger partial charge in [-0.1, -0.05) is 37.9 Å². The van der Waals surface area contributed by atoms with E-state index in [1.807, 2.05) is 36.4 Å². The Labute approximate surface area is 172 Å². The van der Waals surface area contributed by atoms with E-state index in [2.05, 4.69) is 36.9 Å². The smallest absolute Gasteiger partial charge is 0.212 e. The number of allylic oxidation sites excluding steroid dienone is 1. The molecule has 0 aliphatic carbocycles. The number of ether oxygens (including phenoxy) is 1. The Bertz CT molecular complexity index is 1120. The second-order valence-electron chi connectivity index (χ2n) is 5.53. The van der Waals surface area contributed by atoms with Gasteiger partial charge in [-0.05, 0) is 30.3 Å².